The van der Waals surface area contributed by atoms with Gasteiger partial charge in [0.05, 0.1) is 5.75 Å². The molecule has 1 aromatic rings. The van der Waals surface area contributed by atoms with Crippen LogP contribution in [-0.4, -0.2) is 41.2 Å². The number of benzene rings is 1. The normalized spacial score (nSPS) is 15.8. The van der Waals surface area contributed by atoms with E-state index in [1.54, 1.807) is 31.3 Å². The molecule has 5 nitrogen and oxygen atoms in total. The molecule has 0 bridgehead atoms. The maximum atomic E-state index is 12.3. The molecule has 0 fully saturated rings. The monoisotopic (exact) mass is 385 g/mol. The highest BCUT2D eigenvalue weighted by molar-refractivity contribution is 8.14. The molecule has 0 radical (unpaired) electrons. The maximum absolute atomic E-state index is 12.3. The summed E-state index contributed by atoms with van der Waals surface area (Å²) >= 11 is 13.2. The van der Waals surface area contributed by atoms with Crippen LogP contribution in [-0.2, 0) is 9.59 Å². The summed E-state index contributed by atoms with van der Waals surface area (Å²) < 4.78 is 0. The van der Waals surface area contributed by atoms with Gasteiger partial charge in [-0.2, -0.15) is 0 Å². The van der Waals surface area contributed by atoms with E-state index in [0.29, 0.717) is 27.3 Å². The molecule has 1 N–H and O–H groups in total. The van der Waals surface area contributed by atoms with E-state index in [1.807, 2.05) is 6.92 Å². The van der Waals surface area contributed by atoms with Crippen LogP contribution in [0.2, 0.25) is 10.0 Å². The molecule has 8 heteroatoms. The van der Waals surface area contributed by atoms with Crippen molar-refractivity contribution in [3.8, 4) is 0 Å². The van der Waals surface area contributed by atoms with Crippen molar-refractivity contribution in [2.75, 3.05) is 19.3 Å². The van der Waals surface area contributed by atoms with Crippen molar-refractivity contribution in [1.29, 1.82) is 0 Å². The standard InChI is InChI=1S/C16H17Cl2N3O2S/c1-3-6-19-14(22)9-24-16-20-13(15(23)21(16)2)7-10-4-5-11(17)8-12(10)18/h4-5,7-8H,3,6,9H2,1-2H3,(H,19,22)/b13-7-. The summed E-state index contributed by atoms with van der Waals surface area (Å²) in [5.41, 5.74) is 0.937. The summed E-state index contributed by atoms with van der Waals surface area (Å²) in [6.45, 7) is 2.63. The minimum atomic E-state index is -0.238. The Kier molecular flexibility index (Phi) is 6.71. The Bertz CT molecular complexity index is 719. The molecule has 1 aliphatic rings. The number of hydrogen-bond acceptors (Lipinski definition) is 4. The summed E-state index contributed by atoms with van der Waals surface area (Å²) in [6.07, 6.45) is 2.49. The highest BCUT2D eigenvalue weighted by atomic mass is 35.5. The van der Waals surface area contributed by atoms with Crippen LogP contribution in [0.1, 0.15) is 18.9 Å². The summed E-state index contributed by atoms with van der Waals surface area (Å²) in [5.74, 6) is -0.105. The molecule has 0 saturated carbocycles. The smallest absolute Gasteiger partial charge is 0.278 e. The van der Waals surface area contributed by atoms with Crippen LogP contribution < -0.4 is 5.32 Å². The second kappa shape index (κ2) is 8.55. The first kappa shape index (κ1) is 18.8. The second-order valence-electron chi connectivity index (χ2n) is 5.09. The lowest BCUT2D eigenvalue weighted by Crippen LogP contribution is -2.29. The maximum Gasteiger partial charge on any atom is 0.278 e. The predicted octanol–water partition coefficient (Wildman–Crippen LogP) is 3.42. The Morgan fingerprint density at radius 2 is 2.17 bits per heavy atom. The molecule has 2 rings (SSSR count). The zero-order chi connectivity index (χ0) is 17.7. The molecule has 0 unspecified atom stereocenters. The quantitative estimate of drug-likeness (QED) is 0.789. The average molecular weight is 386 g/mol. The number of amidine groups is 1. The summed E-state index contributed by atoms with van der Waals surface area (Å²) in [5, 5.41) is 4.24. The number of likely N-dealkylation sites (N-methyl/N-ethyl adjacent to an activating group) is 1. The van der Waals surface area contributed by atoms with Crippen molar-refractivity contribution in [3.63, 3.8) is 0 Å². The number of nitrogens with one attached hydrogen (secondary N) is 1. The summed E-state index contributed by atoms with van der Waals surface area (Å²) in [7, 11) is 1.63. The minimum absolute atomic E-state index is 0.0800. The fourth-order valence-corrected chi connectivity index (χ4v) is 3.18. The van der Waals surface area contributed by atoms with E-state index in [4.69, 9.17) is 23.2 Å². The van der Waals surface area contributed by atoms with E-state index < -0.39 is 0 Å². The van der Waals surface area contributed by atoms with Crippen molar-refractivity contribution in [1.82, 2.24) is 10.2 Å². The Labute approximate surface area is 155 Å². The minimum Gasteiger partial charge on any atom is -0.355 e. The number of carbonyl (C=O) groups is 2. The molecule has 1 aliphatic heterocycles. The van der Waals surface area contributed by atoms with Gasteiger partial charge in [0.25, 0.3) is 5.91 Å². The van der Waals surface area contributed by atoms with Gasteiger partial charge in [0.15, 0.2) is 5.17 Å². The van der Waals surface area contributed by atoms with Crippen LogP contribution in [0.15, 0.2) is 28.9 Å². The highest BCUT2D eigenvalue weighted by Crippen LogP contribution is 2.27. The Morgan fingerprint density at radius 3 is 2.83 bits per heavy atom. The van der Waals surface area contributed by atoms with Gasteiger partial charge in [0.2, 0.25) is 5.91 Å². The zero-order valence-corrected chi connectivity index (χ0v) is 15.6. The third kappa shape index (κ3) is 4.75. The van der Waals surface area contributed by atoms with E-state index in [0.717, 1.165) is 6.42 Å². The first-order chi connectivity index (χ1) is 11.4. The lowest BCUT2D eigenvalue weighted by Gasteiger charge is -2.10. The van der Waals surface area contributed by atoms with Crippen LogP contribution in [0.5, 0.6) is 0 Å². The van der Waals surface area contributed by atoms with Crippen molar-refractivity contribution >= 4 is 58.0 Å². The van der Waals surface area contributed by atoms with Crippen LogP contribution in [0.4, 0.5) is 0 Å². The van der Waals surface area contributed by atoms with Crippen molar-refractivity contribution < 1.29 is 9.59 Å². The average Bonchev–Trinajstić information content (AvgIpc) is 2.81. The van der Waals surface area contributed by atoms with E-state index in [9.17, 15) is 9.59 Å². The van der Waals surface area contributed by atoms with Crippen molar-refractivity contribution in [2.24, 2.45) is 4.99 Å². The lowest BCUT2D eigenvalue weighted by molar-refractivity contribution is -0.121. The van der Waals surface area contributed by atoms with Crippen LogP contribution in [0, 0.1) is 0 Å². The zero-order valence-electron chi connectivity index (χ0n) is 13.3. The van der Waals surface area contributed by atoms with Gasteiger partial charge < -0.3 is 5.32 Å². The topological polar surface area (TPSA) is 61.8 Å². The largest absolute Gasteiger partial charge is 0.355 e. The van der Waals surface area contributed by atoms with Crippen molar-refractivity contribution in [3.05, 3.63) is 39.5 Å². The van der Waals surface area contributed by atoms with Gasteiger partial charge >= 0.3 is 0 Å². The number of thioether (sulfide) groups is 1. The fraction of sp³-hybridized carbons (Fsp3) is 0.312. The van der Waals surface area contributed by atoms with Gasteiger partial charge in [-0.1, -0.05) is 48.0 Å². The Balaban J connectivity index is 2.11. The lowest BCUT2D eigenvalue weighted by atomic mass is 10.2. The van der Waals surface area contributed by atoms with Crippen LogP contribution in [0.3, 0.4) is 0 Å². The predicted molar refractivity (Wildman–Crippen MR) is 100 cm³/mol. The van der Waals surface area contributed by atoms with Gasteiger partial charge in [-0.05, 0) is 30.2 Å². The Morgan fingerprint density at radius 1 is 1.42 bits per heavy atom. The van der Waals surface area contributed by atoms with E-state index >= 15 is 0 Å². The number of halogens is 2. The summed E-state index contributed by atoms with van der Waals surface area (Å²) in [4.78, 5) is 29.7. The summed E-state index contributed by atoms with van der Waals surface area (Å²) in [6, 6.07) is 5.03. The van der Waals surface area contributed by atoms with Gasteiger partial charge in [-0.25, -0.2) is 4.99 Å². The van der Waals surface area contributed by atoms with Crippen LogP contribution in [0.25, 0.3) is 6.08 Å². The molecule has 24 heavy (non-hydrogen) atoms. The van der Waals surface area contributed by atoms with Crippen LogP contribution >= 0.6 is 35.0 Å². The highest BCUT2D eigenvalue weighted by Gasteiger charge is 2.27. The van der Waals surface area contributed by atoms with Gasteiger partial charge in [-0.3, -0.25) is 14.5 Å². The number of hydrogen-bond donors (Lipinski definition) is 1. The number of nitrogens with zero attached hydrogens (tertiary/aromatic N) is 2. The SMILES string of the molecule is CCCNC(=O)CSC1=N/C(=C\c2ccc(Cl)cc2Cl)C(=O)N1C. The number of aliphatic imine (C=N–C) groups is 1. The molecule has 1 aromatic carbocycles. The molecule has 0 atom stereocenters. The molecule has 0 aromatic heterocycles. The van der Waals surface area contributed by atoms with Gasteiger partial charge in [0, 0.05) is 23.6 Å². The van der Waals surface area contributed by atoms with Gasteiger partial charge in [-0.15, -0.1) is 0 Å². The van der Waals surface area contributed by atoms with Crippen molar-refractivity contribution in [2.45, 2.75) is 13.3 Å². The van der Waals surface area contributed by atoms with E-state index in [-0.39, 0.29) is 23.3 Å². The molecule has 2 amide bonds. The molecule has 0 aliphatic carbocycles. The molecule has 0 saturated heterocycles. The molecule has 1 heterocycles. The number of carbonyl (C=O) groups excluding carboxylic acids is 2. The first-order valence-electron chi connectivity index (χ1n) is 7.35. The van der Waals surface area contributed by atoms with E-state index in [1.165, 1.54) is 16.7 Å². The molecular weight excluding hydrogens is 369 g/mol. The fourth-order valence-electron chi connectivity index (χ4n) is 1.92. The third-order valence-corrected chi connectivity index (χ3v) is 4.78. The number of rotatable bonds is 5. The van der Waals surface area contributed by atoms with Gasteiger partial charge in [0.1, 0.15) is 5.70 Å². The molecule has 128 valence electrons. The molecular formula is C16H17Cl2N3O2S. The molecule has 0 spiro atoms. The number of amides is 2. The van der Waals surface area contributed by atoms with E-state index in [2.05, 4.69) is 10.3 Å². The second-order valence-corrected chi connectivity index (χ2v) is 6.88. The third-order valence-electron chi connectivity index (χ3n) is 3.19. The first-order valence-corrected chi connectivity index (χ1v) is 9.09. The Hall–Kier alpha value is -1.50.